The number of aromatic nitrogens is 5. The molecule has 1 N–H and O–H groups in total. The van der Waals surface area contributed by atoms with Crippen molar-refractivity contribution >= 4 is 22.8 Å². The molecule has 2 heterocycles. The smallest absolute Gasteiger partial charge is 0.184 e. The van der Waals surface area contributed by atoms with E-state index in [1.807, 2.05) is 30.3 Å². The second kappa shape index (κ2) is 7.23. The number of hydrogen-bond donors (Lipinski definition) is 1. The monoisotopic (exact) mass is 345 g/mol. The number of aliphatic hydroxyl groups excluding tert-OH is 1. The summed E-state index contributed by atoms with van der Waals surface area (Å²) in [5.74, 6) is 0.525. The van der Waals surface area contributed by atoms with Crippen molar-refractivity contribution in [1.82, 2.24) is 25.0 Å². The molecule has 6 nitrogen and oxygen atoms in total. The Bertz CT molecular complexity index is 818. The van der Waals surface area contributed by atoms with Gasteiger partial charge in [0.2, 0.25) is 0 Å². The molecular weight excluding hydrogens is 326 g/mol. The Morgan fingerprint density at radius 3 is 2.62 bits per heavy atom. The Hall–Kier alpha value is -2.05. The van der Waals surface area contributed by atoms with Gasteiger partial charge >= 0.3 is 0 Å². The number of hydrogen-bond acceptors (Lipinski definition) is 5. The van der Waals surface area contributed by atoms with Crippen LogP contribution in [0.25, 0.3) is 22.6 Å². The van der Waals surface area contributed by atoms with E-state index in [1.165, 1.54) is 0 Å². The van der Waals surface area contributed by atoms with Crippen molar-refractivity contribution in [3.8, 4) is 11.4 Å². The predicted molar refractivity (Wildman–Crippen MR) is 93.8 cm³/mol. The van der Waals surface area contributed by atoms with E-state index < -0.39 is 6.10 Å². The number of unbranched alkanes of at least 4 members (excludes halogenated alkanes) is 1. The molecule has 0 saturated carbocycles. The highest BCUT2D eigenvalue weighted by atomic mass is 35.5. The van der Waals surface area contributed by atoms with Gasteiger partial charge in [-0.1, -0.05) is 66.9 Å². The molecule has 0 unspecified atom stereocenters. The number of fused-ring (bicyclic) bond motifs is 1. The summed E-state index contributed by atoms with van der Waals surface area (Å²) in [4.78, 5) is 8.94. The zero-order valence-electron chi connectivity index (χ0n) is 13.7. The SMILES string of the molecule is CCCC[C@@H]([C@@H](C)O)n1nnc2c(Cl)nc(-c3ccccc3)nc21. The molecule has 3 rings (SSSR count). The summed E-state index contributed by atoms with van der Waals surface area (Å²) in [6, 6.07) is 9.44. The average molecular weight is 346 g/mol. The normalized spacial score (nSPS) is 14.0. The summed E-state index contributed by atoms with van der Waals surface area (Å²) in [7, 11) is 0. The number of aliphatic hydroxyl groups is 1. The van der Waals surface area contributed by atoms with Gasteiger partial charge in [0.15, 0.2) is 22.1 Å². The van der Waals surface area contributed by atoms with Gasteiger partial charge in [0.05, 0.1) is 12.1 Å². The van der Waals surface area contributed by atoms with Gasteiger partial charge in [-0.3, -0.25) is 0 Å². The maximum atomic E-state index is 10.2. The Balaban J connectivity index is 2.11. The lowest BCUT2D eigenvalue weighted by molar-refractivity contribution is 0.117. The van der Waals surface area contributed by atoms with Gasteiger partial charge in [0, 0.05) is 5.56 Å². The van der Waals surface area contributed by atoms with Gasteiger partial charge in [-0.25, -0.2) is 14.6 Å². The van der Waals surface area contributed by atoms with Crippen molar-refractivity contribution in [2.45, 2.75) is 45.3 Å². The molecule has 1 aromatic carbocycles. The van der Waals surface area contributed by atoms with Crippen LogP contribution in [0.4, 0.5) is 0 Å². The lowest BCUT2D eigenvalue weighted by atomic mass is 10.1. The van der Waals surface area contributed by atoms with Gasteiger partial charge in [0.25, 0.3) is 0 Å². The Morgan fingerprint density at radius 1 is 1.21 bits per heavy atom. The van der Waals surface area contributed by atoms with Crippen LogP contribution in [0.15, 0.2) is 30.3 Å². The minimum absolute atomic E-state index is 0.190. The highest BCUT2D eigenvalue weighted by Crippen LogP contribution is 2.27. The molecule has 0 fully saturated rings. The van der Waals surface area contributed by atoms with Gasteiger partial charge in [0.1, 0.15) is 0 Å². The first-order chi connectivity index (χ1) is 11.6. The van der Waals surface area contributed by atoms with Crippen LogP contribution in [0.3, 0.4) is 0 Å². The summed E-state index contributed by atoms with van der Waals surface area (Å²) in [5, 5.41) is 18.7. The first kappa shape index (κ1) is 16.8. The van der Waals surface area contributed by atoms with Crippen molar-refractivity contribution in [3.63, 3.8) is 0 Å². The molecule has 0 aliphatic carbocycles. The lowest BCUT2D eigenvalue weighted by Crippen LogP contribution is -2.23. The van der Waals surface area contributed by atoms with Crippen molar-refractivity contribution < 1.29 is 5.11 Å². The van der Waals surface area contributed by atoms with E-state index in [0.29, 0.717) is 17.0 Å². The van der Waals surface area contributed by atoms with Crippen LogP contribution in [0.1, 0.15) is 39.2 Å². The zero-order chi connectivity index (χ0) is 17.1. The van der Waals surface area contributed by atoms with E-state index in [0.717, 1.165) is 24.8 Å². The largest absolute Gasteiger partial charge is 0.391 e. The summed E-state index contributed by atoms with van der Waals surface area (Å²) in [5.41, 5.74) is 1.88. The van der Waals surface area contributed by atoms with E-state index in [9.17, 15) is 5.11 Å². The summed E-state index contributed by atoms with van der Waals surface area (Å²) >= 11 is 6.28. The molecule has 126 valence electrons. The number of rotatable bonds is 6. The summed E-state index contributed by atoms with van der Waals surface area (Å²) < 4.78 is 1.68. The fourth-order valence-electron chi connectivity index (χ4n) is 2.72. The third kappa shape index (κ3) is 3.25. The van der Waals surface area contributed by atoms with Crippen molar-refractivity contribution in [2.24, 2.45) is 0 Å². The van der Waals surface area contributed by atoms with E-state index in [1.54, 1.807) is 11.6 Å². The van der Waals surface area contributed by atoms with Crippen LogP contribution in [0, 0.1) is 0 Å². The molecule has 0 saturated heterocycles. The third-order valence-corrected chi connectivity index (χ3v) is 4.30. The van der Waals surface area contributed by atoms with E-state index in [-0.39, 0.29) is 11.2 Å². The van der Waals surface area contributed by atoms with E-state index in [2.05, 4.69) is 27.2 Å². The van der Waals surface area contributed by atoms with Gasteiger partial charge in [-0.15, -0.1) is 5.10 Å². The molecule has 0 aliphatic heterocycles. The van der Waals surface area contributed by atoms with Crippen LogP contribution >= 0.6 is 11.6 Å². The van der Waals surface area contributed by atoms with Crippen LogP contribution in [0.5, 0.6) is 0 Å². The van der Waals surface area contributed by atoms with Crippen molar-refractivity contribution in [1.29, 1.82) is 0 Å². The van der Waals surface area contributed by atoms with Crippen LogP contribution in [-0.2, 0) is 0 Å². The summed E-state index contributed by atoms with van der Waals surface area (Å²) in [6.45, 7) is 3.87. The molecule has 3 aromatic rings. The van der Waals surface area contributed by atoms with Crippen molar-refractivity contribution in [3.05, 3.63) is 35.5 Å². The van der Waals surface area contributed by atoms with Gasteiger partial charge in [-0.05, 0) is 13.3 Å². The third-order valence-electron chi connectivity index (χ3n) is 4.04. The van der Waals surface area contributed by atoms with Crippen molar-refractivity contribution in [2.75, 3.05) is 0 Å². The number of nitrogens with zero attached hydrogens (tertiary/aromatic N) is 5. The highest BCUT2D eigenvalue weighted by Gasteiger charge is 2.23. The average Bonchev–Trinajstić information content (AvgIpc) is 3.00. The maximum absolute atomic E-state index is 10.2. The highest BCUT2D eigenvalue weighted by molar-refractivity contribution is 6.33. The first-order valence-corrected chi connectivity index (χ1v) is 8.51. The van der Waals surface area contributed by atoms with E-state index in [4.69, 9.17) is 11.6 Å². The molecule has 0 aliphatic rings. The minimum atomic E-state index is -0.560. The molecule has 7 heteroatoms. The fraction of sp³-hybridized carbons (Fsp3) is 0.412. The predicted octanol–water partition coefficient (Wildman–Crippen LogP) is 3.65. The second-order valence-electron chi connectivity index (χ2n) is 5.86. The Kier molecular flexibility index (Phi) is 5.06. The number of benzene rings is 1. The second-order valence-corrected chi connectivity index (χ2v) is 6.22. The lowest BCUT2D eigenvalue weighted by Gasteiger charge is -2.20. The maximum Gasteiger partial charge on any atom is 0.184 e. The molecule has 0 bridgehead atoms. The standard InChI is InChI=1S/C17H20ClN5O/c1-3-4-10-13(11(2)24)23-17-14(21-22-23)15(18)19-16(20-17)12-8-6-5-7-9-12/h5-9,11,13,24H,3-4,10H2,1-2H3/t11-,13+/m1/s1. The Labute approximate surface area is 145 Å². The first-order valence-electron chi connectivity index (χ1n) is 8.13. The fourth-order valence-corrected chi connectivity index (χ4v) is 2.92. The van der Waals surface area contributed by atoms with Crippen LogP contribution in [-0.4, -0.2) is 36.2 Å². The number of halogens is 1. The van der Waals surface area contributed by atoms with Gasteiger partial charge < -0.3 is 5.11 Å². The summed E-state index contributed by atoms with van der Waals surface area (Å²) in [6.07, 6.45) is 2.27. The molecule has 2 atom stereocenters. The van der Waals surface area contributed by atoms with Crippen LogP contribution < -0.4 is 0 Å². The molecule has 0 spiro atoms. The van der Waals surface area contributed by atoms with Crippen LogP contribution in [0.2, 0.25) is 5.15 Å². The van der Waals surface area contributed by atoms with E-state index >= 15 is 0 Å². The minimum Gasteiger partial charge on any atom is -0.391 e. The molecule has 2 aromatic heterocycles. The quantitative estimate of drug-likeness (QED) is 0.690. The molecule has 0 radical (unpaired) electrons. The Morgan fingerprint density at radius 2 is 1.96 bits per heavy atom. The molecule has 0 amide bonds. The molecular formula is C17H20ClN5O. The topological polar surface area (TPSA) is 76.7 Å². The zero-order valence-corrected chi connectivity index (χ0v) is 14.5. The van der Waals surface area contributed by atoms with Gasteiger partial charge in [-0.2, -0.15) is 0 Å². The molecule has 24 heavy (non-hydrogen) atoms.